The minimum absolute atomic E-state index is 0.406. The van der Waals surface area contributed by atoms with Crippen LogP contribution in [0, 0.1) is 13.8 Å². The summed E-state index contributed by atoms with van der Waals surface area (Å²) in [5.41, 5.74) is 3.28. The van der Waals surface area contributed by atoms with Gasteiger partial charge in [-0.1, -0.05) is 45.0 Å². The van der Waals surface area contributed by atoms with E-state index in [1.54, 1.807) is 7.05 Å². The number of halogens is 2. The van der Waals surface area contributed by atoms with E-state index in [4.69, 9.17) is 18.6 Å². The van der Waals surface area contributed by atoms with Gasteiger partial charge in [0.2, 0.25) is 0 Å². The van der Waals surface area contributed by atoms with E-state index in [-0.39, 0.29) is 0 Å². The van der Waals surface area contributed by atoms with E-state index >= 15 is 0 Å². The Balaban J connectivity index is 0.000000745. The summed E-state index contributed by atoms with van der Waals surface area (Å²) in [5.74, 6) is 0.406. The molecule has 116 valence electrons. The van der Waals surface area contributed by atoms with Crippen LogP contribution in [-0.2, 0) is 17.0 Å². The zero-order valence-electron chi connectivity index (χ0n) is 12.7. The van der Waals surface area contributed by atoms with Crippen LogP contribution < -0.4 is 10.6 Å². The van der Waals surface area contributed by atoms with E-state index in [0.717, 1.165) is 16.4 Å². The number of aromatic hydroxyl groups is 1. The van der Waals surface area contributed by atoms with E-state index in [1.807, 2.05) is 37.4 Å². The van der Waals surface area contributed by atoms with Crippen LogP contribution in [0.15, 0.2) is 41.4 Å². The molecular formula is C16H18Cl2NOPTi. The fraction of sp³-hybridized carbons (Fsp3) is 0.188. The molecule has 0 fully saturated rings. The molecule has 2 aromatic carbocycles. The molecule has 0 saturated carbocycles. The van der Waals surface area contributed by atoms with E-state index in [0.29, 0.717) is 14.3 Å². The number of rotatable bonds is 3. The van der Waals surface area contributed by atoms with Crippen LogP contribution in [-0.4, -0.2) is 18.4 Å². The van der Waals surface area contributed by atoms with Gasteiger partial charge in [-0.25, -0.2) is 0 Å². The predicted octanol–water partition coefficient (Wildman–Crippen LogP) is 4.06. The number of hydrogen-bond donors (Lipinski definition) is 1. The number of benzene rings is 2. The number of aryl methyl sites for hydroxylation is 2. The van der Waals surface area contributed by atoms with Crippen LogP contribution in [0.1, 0.15) is 16.7 Å². The van der Waals surface area contributed by atoms with Crippen molar-refractivity contribution in [3.8, 4) is 5.75 Å². The molecule has 6 heteroatoms. The number of phenolic OH excluding ortho intramolecular Hbond substituents is 1. The maximum atomic E-state index is 10.1. The summed E-state index contributed by atoms with van der Waals surface area (Å²) in [4.78, 5) is 4.11. The molecule has 1 unspecified atom stereocenters. The van der Waals surface area contributed by atoms with Gasteiger partial charge in [-0.3, -0.25) is 4.99 Å². The predicted molar refractivity (Wildman–Crippen MR) is 96.8 cm³/mol. The van der Waals surface area contributed by atoms with Gasteiger partial charge in [-0.2, -0.15) is 0 Å². The average molecular weight is 390 g/mol. The number of aliphatic imine (C=N–C) groups is 1. The summed E-state index contributed by atoms with van der Waals surface area (Å²) in [6.45, 7) is 4.03. The summed E-state index contributed by atoms with van der Waals surface area (Å²) < 4.78 is 0. The first-order valence-corrected chi connectivity index (χ1v) is 11.9. The number of para-hydroxylation sites is 1. The Morgan fingerprint density at radius 3 is 2.32 bits per heavy atom. The Morgan fingerprint density at radius 1 is 1.09 bits per heavy atom. The number of hydrogen-bond acceptors (Lipinski definition) is 2. The van der Waals surface area contributed by atoms with Gasteiger partial charge >= 0.3 is 35.6 Å². The Hall–Kier alpha value is -0.366. The Bertz CT molecular complexity index is 650. The van der Waals surface area contributed by atoms with Crippen molar-refractivity contribution in [3.63, 3.8) is 0 Å². The van der Waals surface area contributed by atoms with Crippen LogP contribution in [0.4, 0.5) is 0 Å². The molecule has 2 nitrogen and oxygen atoms in total. The van der Waals surface area contributed by atoms with Gasteiger partial charge in [0.15, 0.2) is 0 Å². The van der Waals surface area contributed by atoms with Crippen LogP contribution >= 0.6 is 27.2 Å². The van der Waals surface area contributed by atoms with Crippen molar-refractivity contribution in [2.75, 3.05) is 7.05 Å². The second kappa shape index (κ2) is 10.4. The van der Waals surface area contributed by atoms with Gasteiger partial charge in [0, 0.05) is 24.1 Å². The van der Waals surface area contributed by atoms with Crippen molar-refractivity contribution < 1.29 is 22.1 Å². The summed E-state index contributed by atoms with van der Waals surface area (Å²) in [6.07, 6.45) is 1.88. The van der Waals surface area contributed by atoms with E-state index < -0.39 is 17.0 Å². The Kier molecular flexibility index (Phi) is 9.32. The van der Waals surface area contributed by atoms with E-state index in [9.17, 15) is 5.11 Å². The van der Waals surface area contributed by atoms with Crippen LogP contribution in [0.5, 0.6) is 5.75 Å². The second-order valence-electron chi connectivity index (χ2n) is 4.59. The summed E-state index contributed by atoms with van der Waals surface area (Å²) >= 11 is -0.556. The zero-order chi connectivity index (χ0) is 16.5. The normalized spacial score (nSPS) is 10.8. The molecule has 2 aromatic rings. The molecule has 0 spiro atoms. The first kappa shape index (κ1) is 19.7. The van der Waals surface area contributed by atoms with E-state index in [1.165, 1.54) is 10.9 Å². The van der Waals surface area contributed by atoms with Gasteiger partial charge in [0.05, 0.1) is 0 Å². The summed E-state index contributed by atoms with van der Waals surface area (Å²) in [6, 6.07) is 12.1. The molecular weight excluding hydrogens is 372 g/mol. The van der Waals surface area contributed by atoms with Gasteiger partial charge < -0.3 is 5.11 Å². The van der Waals surface area contributed by atoms with Crippen molar-refractivity contribution in [2.24, 2.45) is 4.99 Å². The van der Waals surface area contributed by atoms with Crippen LogP contribution in [0.25, 0.3) is 0 Å². The molecule has 0 radical (unpaired) electrons. The fourth-order valence-corrected chi connectivity index (χ4v) is 3.34. The van der Waals surface area contributed by atoms with E-state index in [2.05, 4.69) is 24.0 Å². The molecule has 0 aromatic heterocycles. The topological polar surface area (TPSA) is 32.6 Å². The first-order chi connectivity index (χ1) is 10.5. The van der Waals surface area contributed by atoms with Gasteiger partial charge in [-0.05, 0) is 30.3 Å². The molecule has 1 atom stereocenters. The molecule has 1 N–H and O–H groups in total. The molecule has 0 saturated heterocycles. The fourth-order valence-electron chi connectivity index (χ4n) is 2.00. The molecule has 0 amide bonds. The maximum absolute atomic E-state index is 10.1. The van der Waals surface area contributed by atoms with Gasteiger partial charge in [-0.15, -0.1) is 0 Å². The van der Waals surface area contributed by atoms with Crippen molar-refractivity contribution in [1.82, 2.24) is 0 Å². The second-order valence-corrected chi connectivity index (χ2v) is 8.46. The minimum atomic E-state index is -0.556. The first-order valence-electron chi connectivity index (χ1n) is 6.58. The van der Waals surface area contributed by atoms with Crippen molar-refractivity contribution >= 4 is 44.0 Å². The SMILES string of the molecule is CN=Cc1cccc(C)c1Pc1cccc(C)c1O.[Cl][Ti][Cl]. The standard InChI is InChI=1S/C16H18NOP.2ClH.Ti/c1-11-6-5-9-14(15(11)18)19-16-12(2)7-4-8-13(16)10-17-3;;;/h4-10,18-19H,1-3H3;2*1H;/q;;;+2/p-2. The molecule has 2 rings (SSSR count). The Labute approximate surface area is 150 Å². The molecule has 0 bridgehead atoms. The third kappa shape index (κ3) is 5.68. The number of phenols is 1. The molecule has 0 heterocycles. The monoisotopic (exact) mass is 389 g/mol. The number of nitrogens with zero attached hydrogens (tertiary/aromatic N) is 1. The summed E-state index contributed by atoms with van der Waals surface area (Å²) in [7, 11) is 12.0. The molecule has 0 aliphatic heterocycles. The average Bonchev–Trinajstić information content (AvgIpc) is 2.48. The van der Waals surface area contributed by atoms with Crippen molar-refractivity contribution in [2.45, 2.75) is 13.8 Å². The van der Waals surface area contributed by atoms with Crippen molar-refractivity contribution in [3.05, 3.63) is 53.1 Å². The summed E-state index contributed by atoms with van der Waals surface area (Å²) in [5, 5.41) is 12.4. The van der Waals surface area contributed by atoms with Crippen LogP contribution in [0.2, 0.25) is 0 Å². The van der Waals surface area contributed by atoms with Crippen LogP contribution in [0.3, 0.4) is 0 Å². The zero-order valence-corrected chi connectivity index (χ0v) is 16.8. The quantitative estimate of drug-likeness (QED) is 0.479. The molecule has 0 aliphatic rings. The van der Waals surface area contributed by atoms with Gasteiger partial charge in [0.25, 0.3) is 0 Å². The van der Waals surface area contributed by atoms with Crippen molar-refractivity contribution in [1.29, 1.82) is 0 Å². The third-order valence-electron chi connectivity index (χ3n) is 3.07. The third-order valence-corrected chi connectivity index (χ3v) is 4.68. The Morgan fingerprint density at radius 2 is 1.68 bits per heavy atom. The molecule has 0 aliphatic carbocycles. The molecule has 22 heavy (non-hydrogen) atoms. The van der Waals surface area contributed by atoms with Gasteiger partial charge in [0.1, 0.15) is 5.75 Å².